The van der Waals surface area contributed by atoms with Gasteiger partial charge in [0.2, 0.25) is 0 Å². The van der Waals surface area contributed by atoms with Gasteiger partial charge < -0.3 is 0 Å². The molecule has 1 heteroatoms. The minimum atomic E-state index is 0.495. The first-order valence-corrected chi connectivity index (χ1v) is 5.84. The molecule has 0 bridgehead atoms. The summed E-state index contributed by atoms with van der Waals surface area (Å²) in [6, 6.07) is 0. The Bertz CT molecular complexity index is 143. The van der Waals surface area contributed by atoms with E-state index in [1.807, 2.05) is 0 Å². The Hall–Kier alpha value is -0.330. The van der Waals surface area contributed by atoms with Crippen molar-refractivity contribution >= 4 is 5.78 Å². The molecule has 76 valence electrons. The third-order valence-electron chi connectivity index (χ3n) is 3.02. The number of hydrogen-bond donors (Lipinski definition) is 0. The van der Waals surface area contributed by atoms with Crippen LogP contribution in [0.5, 0.6) is 0 Å². The number of carbonyl (C=O) groups is 1. The highest BCUT2D eigenvalue weighted by Crippen LogP contribution is 2.25. The van der Waals surface area contributed by atoms with Crippen LogP contribution in [0.1, 0.15) is 64.7 Å². The van der Waals surface area contributed by atoms with Crippen molar-refractivity contribution in [1.82, 2.24) is 0 Å². The van der Waals surface area contributed by atoms with Gasteiger partial charge in [-0.1, -0.05) is 45.4 Å². The molecule has 1 rings (SSSR count). The second kappa shape index (κ2) is 6.17. The summed E-state index contributed by atoms with van der Waals surface area (Å²) >= 11 is 0. The van der Waals surface area contributed by atoms with Crippen LogP contribution in [-0.2, 0) is 4.79 Å². The van der Waals surface area contributed by atoms with Gasteiger partial charge in [0, 0.05) is 12.8 Å². The predicted octanol–water partition coefficient (Wildman–Crippen LogP) is 3.72. The van der Waals surface area contributed by atoms with Gasteiger partial charge in [0.1, 0.15) is 5.78 Å². The summed E-state index contributed by atoms with van der Waals surface area (Å²) in [5.74, 6) is 1.22. The first kappa shape index (κ1) is 10.7. The Morgan fingerprint density at radius 3 is 2.31 bits per heavy atom. The average molecular weight is 182 g/mol. The van der Waals surface area contributed by atoms with Crippen LogP contribution >= 0.6 is 0 Å². The van der Waals surface area contributed by atoms with E-state index in [2.05, 4.69) is 6.92 Å². The first-order valence-electron chi connectivity index (χ1n) is 5.84. The molecule has 1 nitrogen and oxygen atoms in total. The van der Waals surface area contributed by atoms with Gasteiger partial charge in [-0.15, -0.1) is 0 Å². The summed E-state index contributed by atoms with van der Waals surface area (Å²) < 4.78 is 0. The Morgan fingerprint density at radius 2 is 1.77 bits per heavy atom. The van der Waals surface area contributed by atoms with Crippen molar-refractivity contribution in [3.05, 3.63) is 0 Å². The van der Waals surface area contributed by atoms with Crippen LogP contribution in [0, 0.1) is 5.92 Å². The molecular formula is C12H22O. The molecule has 1 saturated carbocycles. The number of rotatable bonds is 4. The van der Waals surface area contributed by atoms with E-state index < -0.39 is 0 Å². The van der Waals surface area contributed by atoms with Gasteiger partial charge in [0.05, 0.1) is 0 Å². The van der Waals surface area contributed by atoms with Crippen LogP contribution in [0.4, 0.5) is 0 Å². The van der Waals surface area contributed by atoms with E-state index in [4.69, 9.17) is 0 Å². The topological polar surface area (TPSA) is 17.1 Å². The highest BCUT2D eigenvalue weighted by Gasteiger charge is 2.15. The van der Waals surface area contributed by atoms with Gasteiger partial charge in [0.15, 0.2) is 0 Å². The fourth-order valence-corrected chi connectivity index (χ4v) is 2.27. The summed E-state index contributed by atoms with van der Waals surface area (Å²) in [5.41, 5.74) is 0. The second-order valence-electron chi connectivity index (χ2n) is 4.35. The Balaban J connectivity index is 2.21. The molecule has 0 atom stereocenters. The van der Waals surface area contributed by atoms with E-state index >= 15 is 0 Å². The molecule has 0 aromatic rings. The Kier molecular flexibility index (Phi) is 5.10. The van der Waals surface area contributed by atoms with Crippen molar-refractivity contribution in [1.29, 1.82) is 0 Å². The van der Waals surface area contributed by atoms with E-state index in [-0.39, 0.29) is 0 Å². The second-order valence-corrected chi connectivity index (χ2v) is 4.35. The van der Waals surface area contributed by atoms with Crippen LogP contribution in [0.15, 0.2) is 0 Å². The Morgan fingerprint density at radius 1 is 1.15 bits per heavy atom. The zero-order valence-electron chi connectivity index (χ0n) is 8.85. The summed E-state index contributed by atoms with van der Waals surface area (Å²) in [6.45, 7) is 2.09. The molecule has 0 N–H and O–H groups in total. The maximum Gasteiger partial charge on any atom is 0.133 e. The molecule has 0 radical (unpaired) electrons. The van der Waals surface area contributed by atoms with Gasteiger partial charge in [-0.05, 0) is 12.3 Å². The van der Waals surface area contributed by atoms with Crippen LogP contribution in [0.25, 0.3) is 0 Å². The summed E-state index contributed by atoms with van der Waals surface area (Å²) in [7, 11) is 0. The van der Waals surface area contributed by atoms with Gasteiger partial charge in [-0.25, -0.2) is 0 Å². The summed E-state index contributed by atoms with van der Waals surface area (Å²) in [4.78, 5) is 11.4. The molecular weight excluding hydrogens is 160 g/mol. The average Bonchev–Trinajstić information content (AvgIpc) is 2.33. The monoisotopic (exact) mass is 182 g/mol. The van der Waals surface area contributed by atoms with Gasteiger partial charge in [0.25, 0.3) is 0 Å². The van der Waals surface area contributed by atoms with Crippen molar-refractivity contribution in [3.8, 4) is 0 Å². The van der Waals surface area contributed by atoms with Crippen LogP contribution in [0.2, 0.25) is 0 Å². The van der Waals surface area contributed by atoms with Crippen LogP contribution in [-0.4, -0.2) is 5.78 Å². The molecule has 13 heavy (non-hydrogen) atoms. The maximum atomic E-state index is 11.4. The van der Waals surface area contributed by atoms with E-state index in [0.717, 1.165) is 25.2 Å². The molecule has 1 aliphatic carbocycles. The lowest BCUT2D eigenvalue weighted by molar-refractivity contribution is -0.120. The molecule has 0 aromatic heterocycles. The normalized spacial score (nSPS) is 19.8. The third kappa shape index (κ3) is 4.44. The van der Waals surface area contributed by atoms with Gasteiger partial charge in [-0.3, -0.25) is 4.79 Å². The molecule has 1 fully saturated rings. The number of ketones is 1. The fourth-order valence-electron chi connectivity index (χ4n) is 2.27. The van der Waals surface area contributed by atoms with Crippen molar-refractivity contribution in [3.63, 3.8) is 0 Å². The van der Waals surface area contributed by atoms with Crippen molar-refractivity contribution in [2.45, 2.75) is 64.7 Å². The zero-order chi connectivity index (χ0) is 9.52. The van der Waals surface area contributed by atoms with Crippen molar-refractivity contribution < 1.29 is 4.79 Å². The maximum absolute atomic E-state index is 11.4. The quantitative estimate of drug-likeness (QED) is 0.606. The molecule has 0 spiro atoms. The van der Waals surface area contributed by atoms with Crippen LogP contribution in [0.3, 0.4) is 0 Å². The van der Waals surface area contributed by atoms with Gasteiger partial charge >= 0.3 is 0 Å². The molecule has 1 aliphatic rings. The molecule has 0 heterocycles. The minimum absolute atomic E-state index is 0.495. The molecule has 0 amide bonds. The van der Waals surface area contributed by atoms with Crippen molar-refractivity contribution in [2.24, 2.45) is 5.92 Å². The number of hydrogen-bond acceptors (Lipinski definition) is 1. The van der Waals surface area contributed by atoms with Crippen LogP contribution < -0.4 is 0 Å². The highest BCUT2D eigenvalue weighted by atomic mass is 16.1. The lowest BCUT2D eigenvalue weighted by atomic mass is 9.93. The highest BCUT2D eigenvalue weighted by molar-refractivity contribution is 5.78. The third-order valence-corrected chi connectivity index (χ3v) is 3.02. The van der Waals surface area contributed by atoms with E-state index in [1.54, 1.807) is 0 Å². The van der Waals surface area contributed by atoms with E-state index in [0.29, 0.717) is 5.78 Å². The lowest BCUT2D eigenvalue weighted by Gasteiger charge is -2.11. The standard InChI is InChI=1S/C12H22O/c1-2-7-12(13)10-11-8-5-3-4-6-9-11/h11H,2-10H2,1H3. The lowest BCUT2D eigenvalue weighted by Crippen LogP contribution is -2.07. The van der Waals surface area contributed by atoms with Crippen molar-refractivity contribution in [2.75, 3.05) is 0 Å². The molecule has 0 unspecified atom stereocenters. The summed E-state index contributed by atoms with van der Waals surface area (Å²) in [5, 5.41) is 0. The fraction of sp³-hybridized carbons (Fsp3) is 0.917. The molecule has 0 saturated heterocycles. The zero-order valence-corrected chi connectivity index (χ0v) is 8.85. The smallest absolute Gasteiger partial charge is 0.133 e. The van der Waals surface area contributed by atoms with E-state index in [9.17, 15) is 4.79 Å². The predicted molar refractivity (Wildman–Crippen MR) is 55.7 cm³/mol. The number of carbonyl (C=O) groups excluding carboxylic acids is 1. The SMILES string of the molecule is CCCC(=O)CC1CCCCCC1. The largest absolute Gasteiger partial charge is 0.300 e. The molecule has 0 aromatic carbocycles. The molecule has 0 aliphatic heterocycles. The summed E-state index contributed by atoms with van der Waals surface area (Å²) in [6.07, 6.45) is 10.8. The first-order chi connectivity index (χ1) is 6.33. The van der Waals surface area contributed by atoms with E-state index in [1.165, 1.54) is 38.5 Å². The Labute approximate surface area is 81.9 Å². The van der Waals surface area contributed by atoms with Gasteiger partial charge in [-0.2, -0.15) is 0 Å². The minimum Gasteiger partial charge on any atom is -0.300 e. The number of Topliss-reactive ketones (excluding diaryl/α,β-unsaturated/α-hetero) is 1.